The van der Waals surface area contributed by atoms with Gasteiger partial charge in [0, 0.05) is 51.4 Å². The highest BCUT2D eigenvalue weighted by atomic mass is 35.5. The zero-order chi connectivity index (χ0) is 24.1. The summed E-state index contributed by atoms with van der Waals surface area (Å²) in [4.78, 5) is 32.4. The normalized spacial score (nSPS) is 19.4. The Balaban J connectivity index is 1.33. The summed E-state index contributed by atoms with van der Waals surface area (Å²) in [6.45, 7) is 5.04. The molecule has 2 heterocycles. The number of hydrogen-bond acceptors (Lipinski definition) is 4. The van der Waals surface area contributed by atoms with Crippen LogP contribution in [-0.4, -0.2) is 65.8 Å². The van der Waals surface area contributed by atoms with Crippen LogP contribution in [0.15, 0.2) is 42.5 Å². The number of rotatable bonds is 4. The minimum atomic E-state index is -0.175. The van der Waals surface area contributed by atoms with Gasteiger partial charge in [-0.25, -0.2) is 0 Å². The van der Waals surface area contributed by atoms with E-state index in [0.717, 1.165) is 45.4 Å². The summed E-state index contributed by atoms with van der Waals surface area (Å²) in [6, 6.07) is 14.7. The van der Waals surface area contributed by atoms with Crippen LogP contribution >= 0.6 is 23.2 Å². The first-order valence-electron chi connectivity index (χ1n) is 11.7. The Morgan fingerprint density at radius 2 is 1.68 bits per heavy atom. The molecule has 0 N–H and O–H groups in total. The molecule has 0 radical (unpaired) electrons. The summed E-state index contributed by atoms with van der Waals surface area (Å²) in [5.74, 6) is -0.141. The summed E-state index contributed by atoms with van der Waals surface area (Å²) in [5, 5.41) is 9.74. The second-order valence-electron chi connectivity index (χ2n) is 8.98. The van der Waals surface area contributed by atoms with Gasteiger partial charge in [-0.1, -0.05) is 35.3 Å². The first-order chi connectivity index (χ1) is 16.4. The maximum atomic E-state index is 13.3. The third-order valence-corrected chi connectivity index (χ3v) is 7.35. The Bertz CT molecular complexity index is 1080. The minimum absolute atomic E-state index is 0.111. The number of carbonyl (C=O) groups excluding carboxylic acids is 2. The molecule has 2 aliphatic heterocycles. The van der Waals surface area contributed by atoms with E-state index in [1.807, 2.05) is 29.2 Å². The van der Waals surface area contributed by atoms with E-state index >= 15 is 0 Å². The van der Waals surface area contributed by atoms with Crippen molar-refractivity contribution in [1.82, 2.24) is 14.7 Å². The lowest BCUT2D eigenvalue weighted by atomic mass is 9.95. The molecule has 8 heteroatoms. The molecule has 0 aliphatic carbocycles. The third kappa shape index (κ3) is 5.90. The smallest absolute Gasteiger partial charge is 0.253 e. The predicted molar refractivity (Wildman–Crippen MR) is 133 cm³/mol. The minimum Gasteiger partial charge on any atom is -0.341 e. The average Bonchev–Trinajstić information content (AvgIpc) is 3.11. The van der Waals surface area contributed by atoms with Gasteiger partial charge in [0.1, 0.15) is 0 Å². The second kappa shape index (κ2) is 11.2. The van der Waals surface area contributed by atoms with Crippen LogP contribution in [0.5, 0.6) is 0 Å². The lowest BCUT2D eigenvalue weighted by molar-refractivity contribution is -0.136. The van der Waals surface area contributed by atoms with E-state index in [1.54, 1.807) is 23.1 Å². The SMILES string of the molecule is N#Cc1ccc(CN2CCCN(C(=O)[C@H]3CCCN(C(=O)c4ccc(Cl)c(Cl)c4)C3)CC2)cc1. The predicted octanol–water partition coefficient (Wildman–Crippen LogP) is 4.45. The molecule has 6 nitrogen and oxygen atoms in total. The van der Waals surface area contributed by atoms with Crippen molar-refractivity contribution < 1.29 is 9.59 Å². The van der Waals surface area contributed by atoms with E-state index in [9.17, 15) is 9.59 Å². The van der Waals surface area contributed by atoms with Crippen molar-refractivity contribution in [3.8, 4) is 6.07 Å². The molecule has 0 unspecified atom stereocenters. The lowest BCUT2D eigenvalue weighted by Crippen LogP contribution is -2.47. The average molecular weight is 499 g/mol. The summed E-state index contributed by atoms with van der Waals surface area (Å²) < 4.78 is 0. The molecule has 0 saturated carbocycles. The Labute approximate surface area is 210 Å². The zero-order valence-electron chi connectivity index (χ0n) is 19.1. The number of nitriles is 1. The molecule has 0 bridgehead atoms. The first-order valence-corrected chi connectivity index (χ1v) is 12.4. The maximum absolute atomic E-state index is 13.3. The molecular weight excluding hydrogens is 471 g/mol. The Hall–Kier alpha value is -2.59. The third-order valence-electron chi connectivity index (χ3n) is 6.61. The number of piperidine rings is 1. The van der Waals surface area contributed by atoms with Crippen LogP contribution in [0.3, 0.4) is 0 Å². The fourth-order valence-corrected chi connectivity index (χ4v) is 5.02. The molecule has 1 atom stereocenters. The first kappa shape index (κ1) is 24.5. The Morgan fingerprint density at radius 3 is 2.41 bits per heavy atom. The maximum Gasteiger partial charge on any atom is 0.253 e. The summed E-state index contributed by atoms with van der Waals surface area (Å²) in [6.07, 6.45) is 2.53. The molecule has 0 spiro atoms. The number of carbonyl (C=O) groups is 2. The number of halogens is 2. The molecule has 178 valence electrons. The van der Waals surface area contributed by atoms with Gasteiger partial charge in [0.2, 0.25) is 5.91 Å². The summed E-state index contributed by atoms with van der Waals surface area (Å²) in [7, 11) is 0. The number of amides is 2. The second-order valence-corrected chi connectivity index (χ2v) is 9.80. The molecule has 34 heavy (non-hydrogen) atoms. The highest BCUT2D eigenvalue weighted by Crippen LogP contribution is 2.26. The van der Waals surface area contributed by atoms with Crippen molar-refractivity contribution in [2.75, 3.05) is 39.3 Å². The highest BCUT2D eigenvalue weighted by Gasteiger charge is 2.32. The van der Waals surface area contributed by atoms with Crippen molar-refractivity contribution in [2.24, 2.45) is 5.92 Å². The van der Waals surface area contributed by atoms with Gasteiger partial charge in [-0.05, 0) is 55.2 Å². The molecule has 4 rings (SSSR count). The van der Waals surface area contributed by atoms with Crippen LogP contribution < -0.4 is 0 Å². The van der Waals surface area contributed by atoms with Crippen molar-refractivity contribution in [1.29, 1.82) is 5.26 Å². The van der Waals surface area contributed by atoms with Gasteiger partial charge >= 0.3 is 0 Å². The molecule has 0 aromatic heterocycles. The van der Waals surface area contributed by atoms with Crippen molar-refractivity contribution in [3.05, 3.63) is 69.2 Å². The number of hydrogen-bond donors (Lipinski definition) is 0. The molecule has 2 aromatic rings. The zero-order valence-corrected chi connectivity index (χ0v) is 20.6. The fourth-order valence-electron chi connectivity index (χ4n) is 4.73. The molecule has 2 fully saturated rings. The number of benzene rings is 2. The molecule has 2 aliphatic rings. The van der Waals surface area contributed by atoms with Crippen LogP contribution in [0, 0.1) is 17.2 Å². The standard InChI is InChI=1S/C26H28Cl2N4O2/c27-23-9-8-21(15-24(23)28)25(33)32-11-1-3-22(18-32)26(34)31-12-2-10-30(13-14-31)17-20-6-4-19(16-29)5-7-20/h4-9,15,22H,1-3,10-14,17-18H2/t22-/m0/s1. The van der Waals surface area contributed by atoms with Crippen molar-refractivity contribution in [2.45, 2.75) is 25.8 Å². The monoisotopic (exact) mass is 498 g/mol. The highest BCUT2D eigenvalue weighted by molar-refractivity contribution is 6.42. The van der Waals surface area contributed by atoms with Gasteiger partial charge in [0.25, 0.3) is 5.91 Å². The van der Waals surface area contributed by atoms with Gasteiger partial charge in [-0.3, -0.25) is 14.5 Å². The van der Waals surface area contributed by atoms with Gasteiger partial charge in [0.05, 0.1) is 27.6 Å². The Kier molecular flexibility index (Phi) is 8.10. The largest absolute Gasteiger partial charge is 0.341 e. The number of nitrogens with zero attached hydrogens (tertiary/aromatic N) is 4. The van der Waals surface area contributed by atoms with Crippen LogP contribution in [0.1, 0.15) is 40.7 Å². The quantitative estimate of drug-likeness (QED) is 0.624. The van der Waals surface area contributed by atoms with E-state index in [0.29, 0.717) is 40.8 Å². The van der Waals surface area contributed by atoms with Gasteiger partial charge in [0.15, 0.2) is 0 Å². The molecule has 2 amide bonds. The van der Waals surface area contributed by atoms with E-state index in [4.69, 9.17) is 28.5 Å². The molecule has 2 aromatic carbocycles. The number of likely N-dealkylation sites (tertiary alicyclic amines) is 1. The fraction of sp³-hybridized carbons (Fsp3) is 0.423. The van der Waals surface area contributed by atoms with E-state index in [2.05, 4.69) is 11.0 Å². The van der Waals surface area contributed by atoms with Crippen LogP contribution in [-0.2, 0) is 11.3 Å². The van der Waals surface area contributed by atoms with Crippen LogP contribution in [0.25, 0.3) is 0 Å². The van der Waals surface area contributed by atoms with Crippen molar-refractivity contribution in [3.63, 3.8) is 0 Å². The molecular formula is C26H28Cl2N4O2. The van der Waals surface area contributed by atoms with E-state index in [-0.39, 0.29) is 17.7 Å². The summed E-state index contributed by atoms with van der Waals surface area (Å²) in [5.41, 5.74) is 2.33. The van der Waals surface area contributed by atoms with E-state index < -0.39 is 0 Å². The lowest BCUT2D eigenvalue weighted by Gasteiger charge is -2.35. The van der Waals surface area contributed by atoms with E-state index in [1.165, 1.54) is 5.56 Å². The van der Waals surface area contributed by atoms with Gasteiger partial charge in [-0.2, -0.15) is 5.26 Å². The Morgan fingerprint density at radius 1 is 0.912 bits per heavy atom. The van der Waals surface area contributed by atoms with Crippen LogP contribution in [0.2, 0.25) is 10.0 Å². The molecule has 2 saturated heterocycles. The summed E-state index contributed by atoms with van der Waals surface area (Å²) >= 11 is 12.1. The topological polar surface area (TPSA) is 67.7 Å². The van der Waals surface area contributed by atoms with Crippen molar-refractivity contribution >= 4 is 35.0 Å². The van der Waals surface area contributed by atoms with Gasteiger partial charge in [-0.15, -0.1) is 0 Å². The van der Waals surface area contributed by atoms with Crippen LogP contribution in [0.4, 0.5) is 0 Å². The van der Waals surface area contributed by atoms with Gasteiger partial charge < -0.3 is 9.80 Å².